The van der Waals surface area contributed by atoms with E-state index in [-0.39, 0.29) is 29.8 Å². The van der Waals surface area contributed by atoms with Gasteiger partial charge in [0.15, 0.2) is 11.1 Å². The van der Waals surface area contributed by atoms with Gasteiger partial charge in [-0.05, 0) is 54.5 Å². The van der Waals surface area contributed by atoms with Gasteiger partial charge in [0.1, 0.15) is 29.9 Å². The summed E-state index contributed by atoms with van der Waals surface area (Å²) in [5, 5.41) is 35.2. The van der Waals surface area contributed by atoms with Crippen molar-refractivity contribution in [1.29, 1.82) is 5.26 Å². The topological polar surface area (TPSA) is 155 Å². The van der Waals surface area contributed by atoms with Crippen LogP contribution in [-0.2, 0) is 24.3 Å². The highest BCUT2D eigenvalue weighted by Crippen LogP contribution is 2.45. The third-order valence-electron chi connectivity index (χ3n) is 10.7. The van der Waals surface area contributed by atoms with Crippen molar-refractivity contribution in [3.8, 4) is 40.4 Å². The third-order valence-corrected chi connectivity index (χ3v) is 11.3. The molecule has 2 N–H and O–H groups in total. The molecule has 0 radical (unpaired) electrons. The Kier molecular flexibility index (Phi) is 10.7. The Labute approximate surface area is 327 Å². The Morgan fingerprint density at radius 1 is 0.945 bits per heavy atom. The maximum Gasteiger partial charge on any atom is 0.236 e. The first-order valence-corrected chi connectivity index (χ1v) is 19.1. The maximum atomic E-state index is 10.1. The standard InChI is InChI=1S/C40H41Cl2N7O6/c1-52-38-23(19-48-14-12-26(51)22-48)17-32(41)40(45-38)54-33-10-9-28-27(5-3-6-29(28)33)30-7-4-8-31(34(30)42)39-44-35-36(55-39)24(18-43)20-49(37(35)46-53-2)16-15-47-13-11-25(50)21-47/h3-8,17,20,25-26,33,50-51H,9-16,19,21-22H2,1-2H3/b46-37-/t25-,26-,33+/m1/s1. The molecule has 1 aliphatic carbocycles. The summed E-state index contributed by atoms with van der Waals surface area (Å²) in [6.07, 6.45) is 3.67. The first-order valence-electron chi connectivity index (χ1n) is 18.4. The zero-order valence-corrected chi connectivity index (χ0v) is 32.1. The lowest BCUT2D eigenvalue weighted by molar-refractivity contribution is 0.173. The van der Waals surface area contributed by atoms with Crippen LogP contribution in [0.3, 0.4) is 0 Å². The van der Waals surface area contributed by atoms with E-state index in [1.165, 1.54) is 7.11 Å². The van der Waals surface area contributed by atoms with Gasteiger partial charge in [-0.15, -0.1) is 0 Å². The van der Waals surface area contributed by atoms with E-state index in [0.717, 1.165) is 60.2 Å². The second kappa shape index (κ2) is 15.8. The molecule has 55 heavy (non-hydrogen) atoms. The molecule has 2 fully saturated rings. The Bertz CT molecular complexity index is 2360. The second-order valence-electron chi connectivity index (χ2n) is 14.2. The van der Waals surface area contributed by atoms with Gasteiger partial charge in [-0.3, -0.25) is 9.80 Å². The zero-order chi connectivity index (χ0) is 38.2. The van der Waals surface area contributed by atoms with Gasteiger partial charge < -0.3 is 33.5 Å². The van der Waals surface area contributed by atoms with Crippen LogP contribution in [0.2, 0.25) is 10.0 Å². The summed E-state index contributed by atoms with van der Waals surface area (Å²) in [4.78, 5) is 19.0. The number of methoxy groups -OCH3 is 1. The minimum Gasteiger partial charge on any atom is -0.481 e. The number of nitrogens with zero attached hydrogens (tertiary/aromatic N) is 7. The highest BCUT2D eigenvalue weighted by atomic mass is 35.5. The van der Waals surface area contributed by atoms with E-state index in [9.17, 15) is 15.5 Å². The SMILES string of the molecule is CO/N=c1/c2nc(-c3cccc(-c4cccc5c4CC[C@@H]5Oc4nc(OC)c(CN5CC[C@@H](O)C5)cc4Cl)c3Cl)oc2c(C#N)cn1CCN1CC[C@@H](O)C1. The van der Waals surface area contributed by atoms with Crippen molar-refractivity contribution in [2.24, 2.45) is 5.16 Å². The molecule has 13 nitrogen and oxygen atoms in total. The molecular formula is C40H41Cl2N7O6. The van der Waals surface area contributed by atoms with Crippen molar-refractivity contribution >= 4 is 34.3 Å². The van der Waals surface area contributed by atoms with Crippen molar-refractivity contribution in [2.45, 2.75) is 57.1 Å². The molecule has 2 aliphatic heterocycles. The van der Waals surface area contributed by atoms with Gasteiger partial charge in [0, 0.05) is 63.1 Å². The number of aliphatic hydroxyl groups excluding tert-OH is 2. The van der Waals surface area contributed by atoms with Gasteiger partial charge in [0.25, 0.3) is 0 Å². The molecule has 3 atom stereocenters. The summed E-state index contributed by atoms with van der Waals surface area (Å²) in [6.45, 7) is 4.53. The number of hydrogen-bond donors (Lipinski definition) is 2. The molecule has 0 saturated carbocycles. The van der Waals surface area contributed by atoms with Crippen molar-refractivity contribution in [3.05, 3.63) is 86.4 Å². The molecule has 3 aliphatic rings. The van der Waals surface area contributed by atoms with Gasteiger partial charge in [-0.1, -0.05) is 58.7 Å². The predicted molar refractivity (Wildman–Crippen MR) is 206 cm³/mol. The zero-order valence-electron chi connectivity index (χ0n) is 30.5. The smallest absolute Gasteiger partial charge is 0.236 e. The molecule has 0 bridgehead atoms. The summed E-state index contributed by atoms with van der Waals surface area (Å²) in [5.74, 6) is 0.993. The number of halogens is 2. The second-order valence-corrected chi connectivity index (χ2v) is 15.0. The Hall–Kier alpha value is -4.68. The van der Waals surface area contributed by atoms with Crippen LogP contribution in [0.1, 0.15) is 47.6 Å². The number of rotatable bonds is 11. The molecular weight excluding hydrogens is 745 g/mol. The van der Waals surface area contributed by atoms with E-state index < -0.39 is 0 Å². The van der Waals surface area contributed by atoms with Crippen LogP contribution < -0.4 is 15.0 Å². The van der Waals surface area contributed by atoms with Crippen molar-refractivity contribution in [1.82, 2.24) is 24.3 Å². The van der Waals surface area contributed by atoms with Crippen LogP contribution in [0, 0.1) is 11.3 Å². The van der Waals surface area contributed by atoms with E-state index in [0.29, 0.717) is 83.1 Å². The van der Waals surface area contributed by atoms with Gasteiger partial charge in [0.2, 0.25) is 23.1 Å². The summed E-state index contributed by atoms with van der Waals surface area (Å²) >= 11 is 14.0. The molecule has 0 unspecified atom stereocenters. The molecule has 2 saturated heterocycles. The summed E-state index contributed by atoms with van der Waals surface area (Å²) in [7, 11) is 3.04. The lowest BCUT2D eigenvalue weighted by Gasteiger charge is -2.20. The summed E-state index contributed by atoms with van der Waals surface area (Å²) < 4.78 is 20.2. The number of benzene rings is 2. The fourth-order valence-corrected chi connectivity index (χ4v) is 8.50. The molecule has 15 heteroatoms. The summed E-state index contributed by atoms with van der Waals surface area (Å²) in [6, 6.07) is 15.9. The predicted octanol–water partition coefficient (Wildman–Crippen LogP) is 5.71. The molecule has 286 valence electrons. The number of aromatic nitrogens is 3. The molecule has 3 aromatic heterocycles. The number of β-amino-alcohol motifs (C(OH)–C–C–N with tert-alkyl or cyclic N) is 2. The minimum absolute atomic E-state index is 0.249. The molecule has 2 aromatic carbocycles. The Morgan fingerprint density at radius 2 is 1.69 bits per heavy atom. The Morgan fingerprint density at radius 3 is 2.42 bits per heavy atom. The van der Waals surface area contributed by atoms with Crippen LogP contribution >= 0.6 is 23.2 Å². The van der Waals surface area contributed by atoms with Gasteiger partial charge >= 0.3 is 0 Å². The monoisotopic (exact) mass is 785 g/mol. The molecule has 5 heterocycles. The number of fused-ring (bicyclic) bond motifs is 2. The lowest BCUT2D eigenvalue weighted by Crippen LogP contribution is -2.31. The lowest BCUT2D eigenvalue weighted by atomic mass is 9.95. The van der Waals surface area contributed by atoms with E-state index in [4.69, 9.17) is 46.9 Å². The van der Waals surface area contributed by atoms with E-state index >= 15 is 0 Å². The normalized spacial score (nSPS) is 20.3. The van der Waals surface area contributed by atoms with E-state index in [2.05, 4.69) is 32.1 Å². The number of pyridine rings is 2. The quantitative estimate of drug-likeness (QED) is 0.158. The van der Waals surface area contributed by atoms with Gasteiger partial charge in [0.05, 0.1) is 29.9 Å². The first-order chi connectivity index (χ1) is 26.7. The van der Waals surface area contributed by atoms with Crippen LogP contribution in [0.5, 0.6) is 11.8 Å². The van der Waals surface area contributed by atoms with Crippen molar-refractivity contribution < 1.29 is 28.9 Å². The highest BCUT2D eigenvalue weighted by molar-refractivity contribution is 6.36. The van der Waals surface area contributed by atoms with Crippen LogP contribution in [-0.4, -0.2) is 93.7 Å². The van der Waals surface area contributed by atoms with Gasteiger partial charge in [-0.2, -0.15) is 10.2 Å². The van der Waals surface area contributed by atoms with E-state index in [1.807, 2.05) is 41.0 Å². The summed E-state index contributed by atoms with van der Waals surface area (Å²) in [5.41, 5.74) is 6.68. The number of hydrogen-bond acceptors (Lipinski definition) is 12. The van der Waals surface area contributed by atoms with E-state index in [1.54, 1.807) is 13.3 Å². The number of aliphatic hydroxyl groups is 2. The average molecular weight is 787 g/mol. The molecule has 5 aromatic rings. The molecule has 0 amide bonds. The fourth-order valence-electron chi connectivity index (χ4n) is 7.97. The Balaban J connectivity index is 1.09. The van der Waals surface area contributed by atoms with Crippen LogP contribution in [0.4, 0.5) is 0 Å². The molecule has 0 spiro atoms. The third kappa shape index (κ3) is 7.38. The number of likely N-dealkylation sites (tertiary alicyclic amines) is 2. The van der Waals surface area contributed by atoms with Gasteiger partial charge in [-0.25, -0.2) is 4.98 Å². The van der Waals surface area contributed by atoms with Crippen LogP contribution in [0.15, 0.2) is 58.2 Å². The minimum atomic E-state index is -0.331. The van der Waals surface area contributed by atoms with Crippen LogP contribution in [0.25, 0.3) is 33.7 Å². The van der Waals surface area contributed by atoms with Crippen molar-refractivity contribution in [2.75, 3.05) is 46.9 Å². The van der Waals surface area contributed by atoms with Crippen molar-refractivity contribution in [3.63, 3.8) is 0 Å². The maximum absolute atomic E-state index is 10.1. The number of oxazole rings is 1. The number of ether oxygens (including phenoxy) is 2. The number of nitriles is 1. The molecule has 8 rings (SSSR count). The largest absolute Gasteiger partial charge is 0.481 e. The first kappa shape index (κ1) is 37.3. The fraction of sp³-hybridized carbons (Fsp3) is 0.400. The average Bonchev–Trinajstić information content (AvgIpc) is 4.00. The highest BCUT2D eigenvalue weighted by Gasteiger charge is 2.30.